The zero-order valence-corrected chi connectivity index (χ0v) is 14.2. The van der Waals surface area contributed by atoms with Gasteiger partial charge in [0, 0.05) is 6.54 Å². The molecule has 0 spiro atoms. The fourth-order valence-electron chi connectivity index (χ4n) is 3.16. The Morgan fingerprint density at radius 3 is 2.75 bits per heavy atom. The van der Waals surface area contributed by atoms with Crippen LogP contribution in [-0.4, -0.2) is 44.8 Å². The lowest BCUT2D eigenvalue weighted by atomic mass is 10.1. The molecule has 1 unspecified atom stereocenters. The molecule has 130 valence electrons. The van der Waals surface area contributed by atoms with Gasteiger partial charge in [-0.3, -0.25) is 9.69 Å². The van der Waals surface area contributed by atoms with Crippen molar-refractivity contribution < 1.29 is 9.90 Å². The van der Waals surface area contributed by atoms with Crippen LogP contribution in [0.5, 0.6) is 0 Å². The van der Waals surface area contributed by atoms with E-state index in [-0.39, 0.29) is 6.47 Å². The topological polar surface area (TPSA) is 71.2 Å². The highest BCUT2D eigenvalue weighted by Crippen LogP contribution is 2.27. The SMILES string of the molecule is CN1CCCCCC1c1ncnn1CCc1ccccc1.O=CO. The average Bonchev–Trinajstić information content (AvgIpc) is 2.95. The largest absolute Gasteiger partial charge is 0.483 e. The molecule has 1 aliphatic rings. The van der Waals surface area contributed by atoms with Crippen LogP contribution >= 0.6 is 0 Å². The number of carbonyl (C=O) groups is 1. The minimum absolute atomic E-state index is 0.250. The molecular weight excluding hydrogens is 304 g/mol. The number of nitrogens with zero attached hydrogens (tertiary/aromatic N) is 4. The van der Waals surface area contributed by atoms with Crippen LogP contribution in [0.1, 0.15) is 43.1 Å². The number of carboxylic acid groups (broad SMARTS) is 1. The molecule has 1 aromatic heterocycles. The van der Waals surface area contributed by atoms with E-state index in [1.807, 2.05) is 0 Å². The summed E-state index contributed by atoms with van der Waals surface area (Å²) in [5, 5.41) is 11.3. The summed E-state index contributed by atoms with van der Waals surface area (Å²) in [5.74, 6) is 1.13. The van der Waals surface area contributed by atoms with E-state index in [1.54, 1.807) is 6.33 Å². The molecular formula is C18H26N4O2. The lowest BCUT2D eigenvalue weighted by molar-refractivity contribution is -0.122. The smallest absolute Gasteiger partial charge is 0.290 e. The first-order valence-corrected chi connectivity index (χ1v) is 8.46. The Hall–Kier alpha value is -2.21. The molecule has 2 heterocycles. The average molecular weight is 330 g/mol. The molecule has 1 saturated heterocycles. The third-order valence-electron chi connectivity index (χ3n) is 4.42. The van der Waals surface area contributed by atoms with Crippen LogP contribution in [-0.2, 0) is 17.8 Å². The molecule has 2 aromatic rings. The second kappa shape index (κ2) is 9.82. The fraction of sp³-hybridized carbons (Fsp3) is 0.500. The Morgan fingerprint density at radius 2 is 2.00 bits per heavy atom. The molecule has 0 amide bonds. The molecule has 1 aromatic carbocycles. The number of hydrogen-bond donors (Lipinski definition) is 1. The predicted octanol–water partition coefficient (Wildman–Crippen LogP) is 2.77. The van der Waals surface area contributed by atoms with Crippen molar-refractivity contribution >= 4 is 6.47 Å². The Bertz CT molecular complexity index is 600. The van der Waals surface area contributed by atoms with E-state index < -0.39 is 0 Å². The van der Waals surface area contributed by atoms with Crippen molar-refractivity contribution in [3.8, 4) is 0 Å². The minimum Gasteiger partial charge on any atom is -0.483 e. The summed E-state index contributed by atoms with van der Waals surface area (Å²) in [6.45, 7) is 1.82. The first kappa shape index (κ1) is 18.1. The summed E-state index contributed by atoms with van der Waals surface area (Å²) in [5.41, 5.74) is 1.35. The van der Waals surface area contributed by atoms with Crippen molar-refractivity contribution in [2.45, 2.75) is 44.7 Å². The van der Waals surface area contributed by atoms with Crippen molar-refractivity contribution in [2.75, 3.05) is 13.6 Å². The lowest BCUT2D eigenvalue weighted by Crippen LogP contribution is -2.27. The molecule has 6 nitrogen and oxygen atoms in total. The Balaban J connectivity index is 0.000000647. The van der Waals surface area contributed by atoms with Crippen LogP contribution in [0.4, 0.5) is 0 Å². The number of aryl methyl sites for hydroxylation is 2. The van der Waals surface area contributed by atoms with Gasteiger partial charge in [0.2, 0.25) is 0 Å². The lowest BCUT2D eigenvalue weighted by Gasteiger charge is -2.25. The molecule has 0 saturated carbocycles. The highest BCUT2D eigenvalue weighted by molar-refractivity contribution is 5.32. The first-order chi connectivity index (χ1) is 11.8. The summed E-state index contributed by atoms with van der Waals surface area (Å²) in [6, 6.07) is 11.0. The number of hydrogen-bond acceptors (Lipinski definition) is 4. The third kappa shape index (κ3) is 5.16. The second-order valence-electron chi connectivity index (χ2n) is 6.03. The summed E-state index contributed by atoms with van der Waals surface area (Å²) in [7, 11) is 2.21. The molecule has 1 atom stereocenters. The van der Waals surface area contributed by atoms with Crippen molar-refractivity contribution in [1.82, 2.24) is 19.7 Å². The maximum atomic E-state index is 8.36. The van der Waals surface area contributed by atoms with Gasteiger partial charge in [-0.05, 0) is 38.4 Å². The first-order valence-electron chi connectivity index (χ1n) is 8.46. The number of rotatable bonds is 4. The fourth-order valence-corrected chi connectivity index (χ4v) is 3.16. The van der Waals surface area contributed by atoms with E-state index in [1.165, 1.54) is 31.2 Å². The zero-order chi connectivity index (χ0) is 17.2. The molecule has 0 radical (unpaired) electrons. The van der Waals surface area contributed by atoms with Crippen LogP contribution in [0.3, 0.4) is 0 Å². The van der Waals surface area contributed by atoms with Gasteiger partial charge >= 0.3 is 0 Å². The van der Waals surface area contributed by atoms with E-state index in [9.17, 15) is 0 Å². The highest BCUT2D eigenvalue weighted by atomic mass is 16.3. The van der Waals surface area contributed by atoms with Gasteiger partial charge in [-0.1, -0.05) is 43.2 Å². The molecule has 0 aliphatic carbocycles. The van der Waals surface area contributed by atoms with Crippen molar-refractivity contribution in [3.63, 3.8) is 0 Å². The molecule has 1 fully saturated rings. The van der Waals surface area contributed by atoms with Crippen molar-refractivity contribution in [2.24, 2.45) is 0 Å². The summed E-state index contributed by atoms with van der Waals surface area (Å²) < 4.78 is 2.10. The second-order valence-corrected chi connectivity index (χ2v) is 6.03. The Labute approximate surface area is 143 Å². The van der Waals surface area contributed by atoms with Crippen LogP contribution < -0.4 is 0 Å². The predicted molar refractivity (Wildman–Crippen MR) is 92.7 cm³/mol. The standard InChI is InChI=1S/C17H24N4.CH2O2/c1-20-12-7-3-6-10-16(20)17-18-14-19-21(17)13-11-15-8-4-2-5-9-15;2-1-3/h2,4-5,8-9,14,16H,3,6-7,10-13H2,1H3;1H,(H,2,3). The van der Waals surface area contributed by atoms with Crippen LogP contribution in [0, 0.1) is 0 Å². The van der Waals surface area contributed by atoms with Gasteiger partial charge in [0.1, 0.15) is 12.2 Å². The molecule has 24 heavy (non-hydrogen) atoms. The van der Waals surface area contributed by atoms with Crippen LogP contribution in [0.15, 0.2) is 36.7 Å². The Kier molecular flexibility index (Phi) is 7.42. The van der Waals surface area contributed by atoms with Crippen LogP contribution in [0.2, 0.25) is 0 Å². The molecule has 1 N–H and O–H groups in total. The normalized spacial score (nSPS) is 18.3. The van der Waals surface area contributed by atoms with Gasteiger partial charge in [-0.25, -0.2) is 9.67 Å². The summed E-state index contributed by atoms with van der Waals surface area (Å²) in [4.78, 5) is 15.4. The maximum Gasteiger partial charge on any atom is 0.290 e. The van der Waals surface area contributed by atoms with Gasteiger partial charge < -0.3 is 5.11 Å². The van der Waals surface area contributed by atoms with Crippen molar-refractivity contribution in [1.29, 1.82) is 0 Å². The van der Waals surface area contributed by atoms with Gasteiger partial charge in [0.15, 0.2) is 0 Å². The summed E-state index contributed by atoms with van der Waals surface area (Å²) >= 11 is 0. The third-order valence-corrected chi connectivity index (χ3v) is 4.42. The monoisotopic (exact) mass is 330 g/mol. The van der Waals surface area contributed by atoms with Crippen molar-refractivity contribution in [3.05, 3.63) is 48.0 Å². The van der Waals surface area contributed by atoms with E-state index in [4.69, 9.17) is 9.90 Å². The molecule has 1 aliphatic heterocycles. The van der Waals surface area contributed by atoms with E-state index in [0.717, 1.165) is 25.3 Å². The maximum absolute atomic E-state index is 8.36. The van der Waals surface area contributed by atoms with Gasteiger partial charge in [-0.2, -0.15) is 5.10 Å². The van der Waals surface area contributed by atoms with Crippen LogP contribution in [0.25, 0.3) is 0 Å². The zero-order valence-electron chi connectivity index (χ0n) is 14.2. The summed E-state index contributed by atoms with van der Waals surface area (Å²) in [6.07, 6.45) is 7.83. The van der Waals surface area contributed by atoms with Gasteiger partial charge in [-0.15, -0.1) is 0 Å². The number of likely N-dealkylation sites (tertiary alicyclic amines) is 1. The van der Waals surface area contributed by atoms with Gasteiger partial charge in [0.05, 0.1) is 6.04 Å². The van der Waals surface area contributed by atoms with E-state index in [2.05, 4.69) is 57.0 Å². The van der Waals surface area contributed by atoms with E-state index >= 15 is 0 Å². The Morgan fingerprint density at radius 1 is 1.25 bits per heavy atom. The quantitative estimate of drug-likeness (QED) is 0.873. The van der Waals surface area contributed by atoms with E-state index in [0.29, 0.717) is 6.04 Å². The number of aromatic nitrogens is 3. The number of benzene rings is 1. The molecule has 3 rings (SSSR count). The van der Waals surface area contributed by atoms with Gasteiger partial charge in [0.25, 0.3) is 6.47 Å². The molecule has 0 bridgehead atoms. The highest BCUT2D eigenvalue weighted by Gasteiger charge is 2.23. The minimum atomic E-state index is -0.250. The molecule has 6 heteroatoms.